The number of rotatable bonds is 6. The fraction of sp³-hybridized carbons (Fsp3) is 0.286. The first-order valence-electron chi connectivity index (χ1n) is 12.3. The summed E-state index contributed by atoms with van der Waals surface area (Å²) in [5, 5.41) is 4.91. The third-order valence-corrected chi connectivity index (χ3v) is 8.16. The number of nitrogens with one attached hydrogen (secondary N) is 1. The van der Waals surface area contributed by atoms with Gasteiger partial charge in [0.1, 0.15) is 11.5 Å². The van der Waals surface area contributed by atoms with Crippen LogP contribution in [0.5, 0.6) is 0 Å². The van der Waals surface area contributed by atoms with Gasteiger partial charge in [-0.1, -0.05) is 30.3 Å². The number of halogens is 1. The molecule has 1 saturated heterocycles. The Kier molecular flexibility index (Phi) is 5.97. The molecule has 2 aromatic heterocycles. The third-order valence-electron chi connectivity index (χ3n) is 6.89. The average molecular weight is 501 g/mol. The number of para-hydroxylation sites is 1. The Bertz CT molecular complexity index is 1440. The molecule has 2 aliphatic rings. The summed E-state index contributed by atoms with van der Waals surface area (Å²) in [4.78, 5) is 38.5. The third kappa shape index (κ3) is 4.37. The summed E-state index contributed by atoms with van der Waals surface area (Å²) in [6, 6.07) is 15.4. The smallest absolute Gasteiger partial charge is 0.274 e. The molecule has 2 aromatic carbocycles. The molecule has 36 heavy (non-hydrogen) atoms. The van der Waals surface area contributed by atoms with Crippen molar-refractivity contribution in [2.24, 2.45) is 0 Å². The van der Waals surface area contributed by atoms with Crippen LogP contribution in [0.25, 0.3) is 21.3 Å². The zero-order chi connectivity index (χ0) is 24.6. The van der Waals surface area contributed by atoms with E-state index in [9.17, 15) is 14.0 Å². The Morgan fingerprint density at radius 1 is 1.06 bits per heavy atom. The highest BCUT2D eigenvalue weighted by Gasteiger charge is 2.35. The molecule has 6 nitrogen and oxygen atoms in total. The van der Waals surface area contributed by atoms with Crippen LogP contribution in [0.1, 0.15) is 57.5 Å². The van der Waals surface area contributed by atoms with Crippen molar-refractivity contribution in [3.63, 3.8) is 0 Å². The van der Waals surface area contributed by atoms with E-state index in [0.29, 0.717) is 35.8 Å². The Balaban J connectivity index is 1.22. The predicted octanol–water partition coefficient (Wildman–Crippen LogP) is 5.41. The maximum absolute atomic E-state index is 13.7. The van der Waals surface area contributed by atoms with Gasteiger partial charge in [-0.05, 0) is 55.5 Å². The average Bonchev–Trinajstić information content (AvgIpc) is 3.48. The molecule has 4 aromatic rings. The number of aromatic nitrogens is 2. The Morgan fingerprint density at radius 2 is 1.86 bits per heavy atom. The lowest BCUT2D eigenvalue weighted by Crippen LogP contribution is -2.43. The monoisotopic (exact) mass is 500 g/mol. The van der Waals surface area contributed by atoms with Gasteiger partial charge in [0.2, 0.25) is 0 Å². The second-order valence-electron chi connectivity index (χ2n) is 9.40. The molecule has 0 spiro atoms. The molecule has 0 bridgehead atoms. The maximum atomic E-state index is 13.7. The van der Waals surface area contributed by atoms with Crippen LogP contribution in [0, 0.1) is 5.82 Å². The lowest BCUT2D eigenvalue weighted by molar-refractivity contribution is 0.0721. The van der Waals surface area contributed by atoms with Crippen LogP contribution < -0.4 is 5.32 Å². The fourth-order valence-corrected chi connectivity index (χ4v) is 6.06. The number of likely N-dealkylation sites (tertiary alicyclic amines) is 1. The molecule has 2 fully saturated rings. The van der Waals surface area contributed by atoms with Gasteiger partial charge in [0.05, 0.1) is 21.0 Å². The van der Waals surface area contributed by atoms with Crippen LogP contribution in [0.15, 0.2) is 60.8 Å². The molecule has 1 N–H and O–H groups in total. The zero-order valence-electron chi connectivity index (χ0n) is 19.6. The van der Waals surface area contributed by atoms with E-state index in [-0.39, 0.29) is 23.7 Å². The highest BCUT2D eigenvalue weighted by atomic mass is 32.1. The van der Waals surface area contributed by atoms with Crippen molar-refractivity contribution in [1.29, 1.82) is 0 Å². The Hall–Kier alpha value is -3.65. The number of thiazole rings is 1. The topological polar surface area (TPSA) is 75.2 Å². The summed E-state index contributed by atoms with van der Waals surface area (Å²) < 4.78 is 13.5. The highest BCUT2D eigenvalue weighted by molar-refractivity contribution is 7.15. The molecule has 3 heterocycles. The summed E-state index contributed by atoms with van der Waals surface area (Å²) in [7, 11) is 0. The van der Waals surface area contributed by atoms with Crippen molar-refractivity contribution in [3.8, 4) is 10.4 Å². The Labute approximate surface area is 212 Å². The molecular formula is C28H25FN4O2S. The van der Waals surface area contributed by atoms with E-state index in [1.165, 1.54) is 23.5 Å². The number of carbonyl (C=O) groups excluding carboxylic acids is 2. The minimum Gasteiger partial charge on any atom is -0.350 e. The van der Waals surface area contributed by atoms with E-state index in [0.717, 1.165) is 46.5 Å². The van der Waals surface area contributed by atoms with Gasteiger partial charge < -0.3 is 10.2 Å². The molecule has 1 aliphatic heterocycles. The van der Waals surface area contributed by atoms with Crippen LogP contribution in [0.3, 0.4) is 0 Å². The van der Waals surface area contributed by atoms with Crippen molar-refractivity contribution in [2.75, 3.05) is 13.1 Å². The van der Waals surface area contributed by atoms with E-state index >= 15 is 0 Å². The normalized spacial score (nSPS) is 17.5. The lowest BCUT2D eigenvalue weighted by Gasteiger charge is -2.25. The molecule has 1 saturated carbocycles. The quantitative estimate of drug-likeness (QED) is 0.384. The molecule has 1 atom stereocenters. The summed E-state index contributed by atoms with van der Waals surface area (Å²) >= 11 is 1.54. The van der Waals surface area contributed by atoms with Gasteiger partial charge in [-0.25, -0.2) is 9.37 Å². The van der Waals surface area contributed by atoms with E-state index < -0.39 is 0 Å². The van der Waals surface area contributed by atoms with Gasteiger partial charge in [0, 0.05) is 36.6 Å². The first-order chi connectivity index (χ1) is 17.6. The minimum absolute atomic E-state index is 0.114. The maximum Gasteiger partial charge on any atom is 0.274 e. The molecular weight excluding hydrogens is 475 g/mol. The van der Waals surface area contributed by atoms with E-state index in [2.05, 4.69) is 10.3 Å². The van der Waals surface area contributed by atoms with Gasteiger partial charge in [-0.2, -0.15) is 0 Å². The first kappa shape index (κ1) is 22.8. The van der Waals surface area contributed by atoms with Gasteiger partial charge in [-0.3, -0.25) is 14.6 Å². The van der Waals surface area contributed by atoms with Gasteiger partial charge >= 0.3 is 0 Å². The largest absolute Gasteiger partial charge is 0.350 e. The standard InChI is InChI=1S/C28H25FN4O2S/c29-20-12-10-18(11-13-20)25-24(32-27(36-25)19-8-9-19)28(35)33-15-3-6-21(33)16-31-26(34)22-7-1-4-17-5-2-14-30-23(17)22/h1-2,4-5,7,10-14,19,21H,3,6,8-9,15-16H2,(H,31,34)/t21-/m0/s1. The molecule has 0 radical (unpaired) electrons. The predicted molar refractivity (Wildman–Crippen MR) is 138 cm³/mol. The van der Waals surface area contributed by atoms with Crippen LogP contribution in [-0.2, 0) is 0 Å². The molecule has 182 valence electrons. The van der Waals surface area contributed by atoms with Crippen molar-refractivity contribution in [1.82, 2.24) is 20.2 Å². The molecule has 2 amide bonds. The Morgan fingerprint density at radius 3 is 2.67 bits per heavy atom. The number of benzene rings is 2. The van der Waals surface area contributed by atoms with Crippen LogP contribution in [0.4, 0.5) is 4.39 Å². The number of carbonyl (C=O) groups is 2. The fourth-order valence-electron chi connectivity index (χ4n) is 4.83. The number of hydrogen-bond donors (Lipinski definition) is 1. The van der Waals surface area contributed by atoms with Crippen molar-refractivity contribution in [3.05, 3.63) is 82.9 Å². The van der Waals surface area contributed by atoms with Crippen LogP contribution >= 0.6 is 11.3 Å². The van der Waals surface area contributed by atoms with E-state index in [1.54, 1.807) is 24.4 Å². The molecule has 8 heteroatoms. The minimum atomic E-state index is -0.310. The highest BCUT2D eigenvalue weighted by Crippen LogP contribution is 2.45. The zero-order valence-corrected chi connectivity index (χ0v) is 20.4. The van der Waals surface area contributed by atoms with Gasteiger partial charge in [-0.15, -0.1) is 11.3 Å². The molecule has 0 unspecified atom stereocenters. The SMILES string of the molecule is O=C(NC[C@@H]1CCCN1C(=O)c1nc(C2CC2)sc1-c1ccc(F)cc1)c1cccc2cccnc12. The first-order valence-corrected chi connectivity index (χ1v) is 13.1. The second kappa shape index (κ2) is 9.43. The summed E-state index contributed by atoms with van der Waals surface area (Å²) in [6.07, 6.45) is 5.54. The second-order valence-corrected chi connectivity index (χ2v) is 10.4. The van der Waals surface area contributed by atoms with Crippen LogP contribution in [-0.4, -0.2) is 45.8 Å². The van der Waals surface area contributed by atoms with Crippen LogP contribution in [0.2, 0.25) is 0 Å². The molecule has 6 rings (SSSR count). The summed E-state index contributed by atoms with van der Waals surface area (Å²) in [5.74, 6) is -0.217. The number of fused-ring (bicyclic) bond motifs is 1. The summed E-state index contributed by atoms with van der Waals surface area (Å²) in [6.45, 7) is 0.980. The van der Waals surface area contributed by atoms with E-state index in [1.807, 2.05) is 29.2 Å². The number of nitrogens with zero attached hydrogens (tertiary/aromatic N) is 3. The molecule has 1 aliphatic carbocycles. The van der Waals surface area contributed by atoms with Gasteiger partial charge in [0.15, 0.2) is 0 Å². The lowest BCUT2D eigenvalue weighted by atomic mass is 10.1. The van der Waals surface area contributed by atoms with E-state index in [4.69, 9.17) is 4.98 Å². The summed E-state index contributed by atoms with van der Waals surface area (Å²) in [5.41, 5.74) is 2.42. The number of amides is 2. The van der Waals surface area contributed by atoms with Gasteiger partial charge in [0.25, 0.3) is 11.8 Å². The number of hydrogen-bond acceptors (Lipinski definition) is 5. The van der Waals surface area contributed by atoms with Crippen molar-refractivity contribution < 1.29 is 14.0 Å². The van der Waals surface area contributed by atoms with Crippen molar-refractivity contribution in [2.45, 2.75) is 37.6 Å². The van der Waals surface area contributed by atoms with Crippen molar-refractivity contribution >= 4 is 34.1 Å². The number of pyridine rings is 1.